The summed E-state index contributed by atoms with van der Waals surface area (Å²) in [7, 11) is 0. The van der Waals surface area contributed by atoms with Gasteiger partial charge in [-0.1, -0.05) is 0 Å². The van der Waals surface area contributed by atoms with Crippen LogP contribution in [-0.4, -0.2) is 27.4 Å². The van der Waals surface area contributed by atoms with Crippen LogP contribution in [0.15, 0.2) is 17.5 Å². The third-order valence-electron chi connectivity index (χ3n) is 5.13. The average Bonchev–Trinajstić information content (AvgIpc) is 3.01. The molecule has 0 aromatic carbocycles. The number of anilines is 1. The van der Waals surface area contributed by atoms with E-state index in [9.17, 15) is 5.11 Å². The van der Waals surface area contributed by atoms with E-state index in [1.54, 1.807) is 12.4 Å². The molecular weight excluding hydrogens is 252 g/mol. The van der Waals surface area contributed by atoms with Gasteiger partial charge in [0.05, 0.1) is 0 Å². The normalized spacial score (nSPS) is 30.4. The summed E-state index contributed by atoms with van der Waals surface area (Å²) in [4.78, 5) is 7.10. The monoisotopic (exact) mass is 276 g/mol. The molecule has 2 saturated carbocycles. The van der Waals surface area contributed by atoms with E-state index in [2.05, 4.69) is 20.5 Å². The molecule has 2 aliphatic carbocycles. The van der Waals surface area contributed by atoms with Crippen molar-refractivity contribution in [3.05, 3.63) is 12.4 Å². The highest BCUT2D eigenvalue weighted by Crippen LogP contribution is 2.48. The van der Waals surface area contributed by atoms with Crippen molar-refractivity contribution in [3.8, 4) is 0 Å². The number of H-pyrrole nitrogens is 1. The van der Waals surface area contributed by atoms with Crippen molar-refractivity contribution in [2.45, 2.75) is 51.4 Å². The summed E-state index contributed by atoms with van der Waals surface area (Å²) in [5, 5.41) is 13.7. The number of aromatic nitrogens is 2. The SMILES string of the molecule is OCC1CCC2(CCC(=NNc3ncc[nH]3)CC2)CC1. The second-order valence-electron chi connectivity index (χ2n) is 6.35. The van der Waals surface area contributed by atoms with Gasteiger partial charge < -0.3 is 10.1 Å². The van der Waals surface area contributed by atoms with E-state index >= 15 is 0 Å². The predicted octanol–water partition coefficient (Wildman–Crippen LogP) is 2.92. The van der Waals surface area contributed by atoms with Gasteiger partial charge in [-0.25, -0.2) is 10.4 Å². The Balaban J connectivity index is 1.50. The van der Waals surface area contributed by atoms with Crippen molar-refractivity contribution in [2.75, 3.05) is 12.0 Å². The fourth-order valence-electron chi connectivity index (χ4n) is 3.61. The molecule has 1 aromatic rings. The molecule has 2 aliphatic rings. The highest BCUT2D eigenvalue weighted by atomic mass is 16.3. The lowest BCUT2D eigenvalue weighted by Gasteiger charge is -2.43. The third-order valence-corrected chi connectivity index (χ3v) is 5.13. The fourth-order valence-corrected chi connectivity index (χ4v) is 3.61. The van der Waals surface area contributed by atoms with Gasteiger partial charge in [0.2, 0.25) is 5.95 Å². The molecule has 0 bridgehead atoms. The largest absolute Gasteiger partial charge is 0.396 e. The van der Waals surface area contributed by atoms with Crippen LogP contribution >= 0.6 is 0 Å². The highest BCUT2D eigenvalue weighted by molar-refractivity contribution is 5.85. The predicted molar refractivity (Wildman–Crippen MR) is 79.6 cm³/mol. The lowest BCUT2D eigenvalue weighted by atomic mass is 9.63. The van der Waals surface area contributed by atoms with Crippen LogP contribution in [0.1, 0.15) is 51.4 Å². The van der Waals surface area contributed by atoms with Crippen molar-refractivity contribution in [3.63, 3.8) is 0 Å². The quantitative estimate of drug-likeness (QED) is 0.743. The van der Waals surface area contributed by atoms with E-state index in [0.29, 0.717) is 23.9 Å². The van der Waals surface area contributed by atoms with Crippen LogP contribution in [0.3, 0.4) is 0 Å². The minimum Gasteiger partial charge on any atom is -0.396 e. The summed E-state index contributed by atoms with van der Waals surface area (Å²) in [6.45, 7) is 0.371. The number of aliphatic hydroxyl groups excluding tert-OH is 1. The molecule has 0 atom stereocenters. The number of nitrogens with zero attached hydrogens (tertiary/aromatic N) is 2. The molecule has 2 fully saturated rings. The van der Waals surface area contributed by atoms with E-state index in [-0.39, 0.29) is 0 Å². The molecule has 0 saturated heterocycles. The van der Waals surface area contributed by atoms with Crippen LogP contribution in [0, 0.1) is 11.3 Å². The maximum atomic E-state index is 9.24. The average molecular weight is 276 g/mol. The standard InChI is InChI=1S/C15H24N4O/c20-11-12-1-5-15(6-2-12)7-3-13(4-8-15)18-19-14-16-9-10-17-14/h9-10,12,20H,1-8,11H2,(H2,16,17,19). The lowest BCUT2D eigenvalue weighted by molar-refractivity contribution is 0.0901. The maximum absolute atomic E-state index is 9.24. The van der Waals surface area contributed by atoms with E-state index in [1.165, 1.54) is 44.2 Å². The first kappa shape index (κ1) is 13.6. The Morgan fingerprint density at radius 1 is 1.30 bits per heavy atom. The van der Waals surface area contributed by atoms with Gasteiger partial charge in [0, 0.05) is 24.7 Å². The Bertz CT molecular complexity index is 434. The smallest absolute Gasteiger partial charge is 0.220 e. The minimum atomic E-state index is 0.371. The fraction of sp³-hybridized carbons (Fsp3) is 0.733. The Hall–Kier alpha value is -1.36. The Morgan fingerprint density at radius 2 is 2.05 bits per heavy atom. The minimum absolute atomic E-state index is 0.371. The van der Waals surface area contributed by atoms with Gasteiger partial charge >= 0.3 is 0 Å². The van der Waals surface area contributed by atoms with Gasteiger partial charge in [-0.05, 0) is 62.7 Å². The Kier molecular flexibility index (Phi) is 4.05. The van der Waals surface area contributed by atoms with Gasteiger partial charge in [-0.3, -0.25) is 0 Å². The Labute approximate surface area is 119 Å². The number of hydrazone groups is 1. The molecule has 20 heavy (non-hydrogen) atoms. The van der Waals surface area contributed by atoms with E-state index in [4.69, 9.17) is 0 Å². The topological polar surface area (TPSA) is 73.3 Å². The number of aliphatic hydroxyl groups is 1. The van der Waals surface area contributed by atoms with Crippen LogP contribution in [0.4, 0.5) is 5.95 Å². The van der Waals surface area contributed by atoms with E-state index in [1.807, 2.05) is 0 Å². The summed E-state index contributed by atoms with van der Waals surface area (Å²) >= 11 is 0. The number of hydrogen-bond acceptors (Lipinski definition) is 4. The van der Waals surface area contributed by atoms with Crippen LogP contribution in [0.5, 0.6) is 0 Å². The molecule has 110 valence electrons. The lowest BCUT2D eigenvalue weighted by Crippen LogP contribution is -2.33. The first-order valence-corrected chi connectivity index (χ1v) is 7.71. The zero-order valence-electron chi connectivity index (χ0n) is 11.9. The molecular formula is C15H24N4O. The molecule has 0 radical (unpaired) electrons. The summed E-state index contributed by atoms with van der Waals surface area (Å²) in [6, 6.07) is 0. The number of rotatable bonds is 3. The molecule has 1 aromatic heterocycles. The van der Waals surface area contributed by atoms with Crippen molar-refractivity contribution in [2.24, 2.45) is 16.4 Å². The molecule has 3 N–H and O–H groups in total. The van der Waals surface area contributed by atoms with Crippen molar-refractivity contribution < 1.29 is 5.11 Å². The summed E-state index contributed by atoms with van der Waals surface area (Å²) < 4.78 is 0. The van der Waals surface area contributed by atoms with E-state index < -0.39 is 0 Å². The first-order valence-electron chi connectivity index (χ1n) is 7.71. The second-order valence-corrected chi connectivity index (χ2v) is 6.35. The number of aromatic amines is 1. The number of imidazole rings is 1. The second kappa shape index (κ2) is 5.95. The van der Waals surface area contributed by atoms with Gasteiger partial charge in [-0.15, -0.1) is 0 Å². The van der Waals surface area contributed by atoms with E-state index in [0.717, 1.165) is 12.8 Å². The van der Waals surface area contributed by atoms with Crippen LogP contribution < -0.4 is 5.43 Å². The van der Waals surface area contributed by atoms with Crippen molar-refractivity contribution >= 4 is 11.7 Å². The van der Waals surface area contributed by atoms with Gasteiger partial charge in [0.25, 0.3) is 0 Å². The molecule has 1 heterocycles. The molecule has 3 rings (SSSR count). The van der Waals surface area contributed by atoms with Crippen LogP contribution in [0.25, 0.3) is 0 Å². The van der Waals surface area contributed by atoms with Gasteiger partial charge in [-0.2, -0.15) is 5.10 Å². The summed E-state index contributed by atoms with van der Waals surface area (Å²) in [5.74, 6) is 1.26. The van der Waals surface area contributed by atoms with Crippen molar-refractivity contribution in [1.82, 2.24) is 9.97 Å². The summed E-state index contributed by atoms with van der Waals surface area (Å²) in [5.41, 5.74) is 4.79. The molecule has 0 amide bonds. The molecule has 1 spiro atoms. The molecule has 0 aliphatic heterocycles. The zero-order chi connectivity index (χ0) is 13.8. The third kappa shape index (κ3) is 3.03. The number of hydrogen-bond donors (Lipinski definition) is 3. The van der Waals surface area contributed by atoms with Gasteiger partial charge in [0.15, 0.2) is 0 Å². The molecule has 5 heteroatoms. The van der Waals surface area contributed by atoms with Gasteiger partial charge in [0.1, 0.15) is 0 Å². The zero-order valence-corrected chi connectivity index (χ0v) is 11.9. The Morgan fingerprint density at radius 3 is 2.65 bits per heavy atom. The molecule has 5 nitrogen and oxygen atoms in total. The maximum Gasteiger partial charge on any atom is 0.220 e. The summed E-state index contributed by atoms with van der Waals surface area (Å²) in [6.07, 6.45) is 13.2. The van der Waals surface area contributed by atoms with Crippen molar-refractivity contribution in [1.29, 1.82) is 0 Å². The van der Waals surface area contributed by atoms with Crippen LogP contribution in [-0.2, 0) is 0 Å². The van der Waals surface area contributed by atoms with Crippen LogP contribution in [0.2, 0.25) is 0 Å². The number of nitrogens with one attached hydrogen (secondary N) is 2. The highest BCUT2D eigenvalue weighted by Gasteiger charge is 2.37. The first-order chi connectivity index (χ1) is 9.80. The molecule has 0 unspecified atom stereocenters.